The van der Waals surface area contributed by atoms with Gasteiger partial charge in [0.1, 0.15) is 5.75 Å². The van der Waals surface area contributed by atoms with Gasteiger partial charge in [-0.2, -0.15) is 0 Å². The largest absolute Gasteiger partial charge is 0.493 e. The number of benzene rings is 1. The monoisotopic (exact) mass is 239 g/mol. The van der Waals surface area contributed by atoms with Gasteiger partial charge >= 0.3 is 0 Å². The number of non-ortho nitro benzene ring substituents is 1. The fourth-order valence-corrected chi connectivity index (χ4v) is 1.37. The van der Waals surface area contributed by atoms with Crippen LogP contribution in [-0.2, 0) is 0 Å². The van der Waals surface area contributed by atoms with E-state index in [4.69, 9.17) is 10.5 Å². The molecule has 0 fully saturated rings. The smallest absolute Gasteiger partial charge is 0.275 e. The fraction of sp³-hybridized carbons (Fsp3) is 0.455. The van der Waals surface area contributed by atoms with Gasteiger partial charge < -0.3 is 15.4 Å². The molecule has 0 amide bonds. The maximum absolute atomic E-state index is 10.6. The second kappa shape index (κ2) is 6.05. The minimum absolute atomic E-state index is 0.0485. The molecule has 0 aliphatic carbocycles. The number of nitro benzene ring substituents is 1. The zero-order valence-electron chi connectivity index (χ0n) is 10.0. The first-order valence-electron chi connectivity index (χ1n) is 5.31. The standard InChI is InChI=1S/C11H17N3O3/c1-13(2)4-3-5-17-11-7-9(12)6-10(8-11)14(15)16/h6-8H,3-5,12H2,1-2H3. The first-order chi connectivity index (χ1) is 7.99. The molecule has 0 bridgehead atoms. The van der Waals surface area contributed by atoms with Crippen molar-refractivity contribution >= 4 is 11.4 Å². The number of ether oxygens (including phenoxy) is 1. The number of anilines is 1. The summed E-state index contributed by atoms with van der Waals surface area (Å²) in [6, 6.07) is 4.28. The topological polar surface area (TPSA) is 81.6 Å². The summed E-state index contributed by atoms with van der Waals surface area (Å²) in [6.45, 7) is 1.42. The second-order valence-electron chi connectivity index (χ2n) is 4.02. The van der Waals surface area contributed by atoms with E-state index in [9.17, 15) is 10.1 Å². The molecule has 0 aromatic heterocycles. The average molecular weight is 239 g/mol. The van der Waals surface area contributed by atoms with Gasteiger partial charge in [0, 0.05) is 24.4 Å². The Hall–Kier alpha value is -1.82. The van der Waals surface area contributed by atoms with Crippen LogP contribution < -0.4 is 10.5 Å². The third kappa shape index (κ3) is 4.69. The molecule has 2 N–H and O–H groups in total. The fourth-order valence-electron chi connectivity index (χ4n) is 1.37. The summed E-state index contributed by atoms with van der Waals surface area (Å²) in [6.07, 6.45) is 0.857. The lowest BCUT2D eigenvalue weighted by Crippen LogP contribution is -2.15. The highest BCUT2D eigenvalue weighted by Crippen LogP contribution is 2.24. The summed E-state index contributed by atoms with van der Waals surface area (Å²) < 4.78 is 5.42. The minimum atomic E-state index is -0.483. The molecular formula is C11H17N3O3. The van der Waals surface area contributed by atoms with Gasteiger partial charge in [0.15, 0.2) is 0 Å². The Kier molecular flexibility index (Phi) is 4.71. The molecular weight excluding hydrogens is 222 g/mol. The van der Waals surface area contributed by atoms with Crippen molar-refractivity contribution in [1.29, 1.82) is 0 Å². The van der Waals surface area contributed by atoms with Gasteiger partial charge in [-0.15, -0.1) is 0 Å². The number of nitrogens with zero attached hydrogens (tertiary/aromatic N) is 2. The van der Waals surface area contributed by atoms with Gasteiger partial charge in [0.2, 0.25) is 0 Å². The van der Waals surface area contributed by atoms with E-state index in [0.717, 1.165) is 13.0 Å². The van der Waals surface area contributed by atoms with Gasteiger partial charge in [-0.25, -0.2) is 0 Å². The lowest BCUT2D eigenvalue weighted by Gasteiger charge is -2.10. The summed E-state index contributed by atoms with van der Waals surface area (Å²) in [4.78, 5) is 12.2. The SMILES string of the molecule is CN(C)CCCOc1cc(N)cc([N+](=O)[O-])c1. The van der Waals surface area contributed by atoms with Gasteiger partial charge in [0.25, 0.3) is 5.69 Å². The highest BCUT2D eigenvalue weighted by atomic mass is 16.6. The average Bonchev–Trinajstić information content (AvgIpc) is 2.23. The Morgan fingerprint density at radius 3 is 2.71 bits per heavy atom. The van der Waals surface area contributed by atoms with E-state index in [-0.39, 0.29) is 5.69 Å². The Morgan fingerprint density at radius 2 is 2.12 bits per heavy atom. The van der Waals surface area contributed by atoms with Crippen molar-refractivity contribution < 1.29 is 9.66 Å². The number of hydrogen-bond acceptors (Lipinski definition) is 5. The molecule has 0 saturated carbocycles. The van der Waals surface area contributed by atoms with Crippen LogP contribution in [0, 0.1) is 10.1 Å². The van der Waals surface area contributed by atoms with Crippen LogP contribution in [0.15, 0.2) is 18.2 Å². The molecule has 6 nitrogen and oxygen atoms in total. The molecule has 0 saturated heterocycles. The number of nitrogens with two attached hydrogens (primary N) is 1. The van der Waals surface area contributed by atoms with Crippen LogP contribution in [-0.4, -0.2) is 37.1 Å². The van der Waals surface area contributed by atoms with E-state index in [0.29, 0.717) is 18.0 Å². The Labute approximate surface area is 100 Å². The maximum Gasteiger partial charge on any atom is 0.275 e. The molecule has 17 heavy (non-hydrogen) atoms. The van der Waals surface area contributed by atoms with Crippen LogP contribution in [0.3, 0.4) is 0 Å². The summed E-state index contributed by atoms with van der Waals surface area (Å²) in [5.41, 5.74) is 5.84. The molecule has 0 heterocycles. The van der Waals surface area contributed by atoms with E-state index in [2.05, 4.69) is 0 Å². The second-order valence-corrected chi connectivity index (χ2v) is 4.02. The highest BCUT2D eigenvalue weighted by Gasteiger charge is 2.09. The summed E-state index contributed by atoms with van der Waals surface area (Å²) in [5.74, 6) is 0.440. The molecule has 0 atom stereocenters. The molecule has 0 aliphatic heterocycles. The number of rotatable bonds is 6. The van der Waals surface area contributed by atoms with Gasteiger partial charge in [-0.05, 0) is 20.5 Å². The third-order valence-corrected chi connectivity index (χ3v) is 2.14. The molecule has 94 valence electrons. The molecule has 1 rings (SSSR count). The van der Waals surface area contributed by atoms with E-state index < -0.39 is 4.92 Å². The molecule has 0 spiro atoms. The predicted octanol–water partition coefficient (Wildman–Crippen LogP) is 1.51. The van der Waals surface area contributed by atoms with Gasteiger partial charge in [0.05, 0.1) is 17.6 Å². The summed E-state index contributed by atoms with van der Waals surface area (Å²) in [5, 5.41) is 10.6. The van der Waals surface area contributed by atoms with E-state index in [1.54, 1.807) is 6.07 Å². The van der Waals surface area contributed by atoms with Crippen molar-refractivity contribution in [3.63, 3.8) is 0 Å². The highest BCUT2D eigenvalue weighted by molar-refractivity contribution is 5.53. The zero-order valence-corrected chi connectivity index (χ0v) is 10.0. The van der Waals surface area contributed by atoms with Crippen molar-refractivity contribution in [1.82, 2.24) is 4.90 Å². The molecule has 0 radical (unpaired) electrons. The van der Waals surface area contributed by atoms with Crippen molar-refractivity contribution in [2.75, 3.05) is 33.0 Å². The van der Waals surface area contributed by atoms with Gasteiger partial charge in [-0.1, -0.05) is 0 Å². The molecule has 0 unspecified atom stereocenters. The first-order valence-corrected chi connectivity index (χ1v) is 5.31. The third-order valence-electron chi connectivity index (χ3n) is 2.14. The van der Waals surface area contributed by atoms with Gasteiger partial charge in [-0.3, -0.25) is 10.1 Å². The van der Waals surface area contributed by atoms with Crippen molar-refractivity contribution in [3.8, 4) is 5.75 Å². The lowest BCUT2D eigenvalue weighted by atomic mass is 10.2. The summed E-state index contributed by atoms with van der Waals surface area (Å²) >= 11 is 0. The van der Waals surface area contributed by atoms with Crippen molar-refractivity contribution in [2.24, 2.45) is 0 Å². The Bertz CT molecular complexity index is 394. The minimum Gasteiger partial charge on any atom is -0.493 e. The van der Waals surface area contributed by atoms with Crippen LogP contribution in [0.1, 0.15) is 6.42 Å². The molecule has 1 aromatic carbocycles. The normalized spacial score (nSPS) is 10.5. The van der Waals surface area contributed by atoms with Crippen LogP contribution in [0.4, 0.5) is 11.4 Å². The first kappa shape index (κ1) is 13.2. The molecule has 6 heteroatoms. The van der Waals surface area contributed by atoms with Crippen LogP contribution >= 0.6 is 0 Å². The van der Waals surface area contributed by atoms with Crippen LogP contribution in [0.2, 0.25) is 0 Å². The number of nitro groups is 1. The van der Waals surface area contributed by atoms with E-state index in [1.165, 1.54) is 12.1 Å². The Balaban J connectivity index is 2.56. The van der Waals surface area contributed by atoms with Crippen molar-refractivity contribution in [2.45, 2.75) is 6.42 Å². The quantitative estimate of drug-likeness (QED) is 0.352. The van der Waals surface area contributed by atoms with Crippen molar-refractivity contribution in [3.05, 3.63) is 28.3 Å². The van der Waals surface area contributed by atoms with E-state index >= 15 is 0 Å². The summed E-state index contributed by atoms with van der Waals surface area (Å²) in [7, 11) is 3.96. The Morgan fingerprint density at radius 1 is 1.41 bits per heavy atom. The lowest BCUT2D eigenvalue weighted by molar-refractivity contribution is -0.384. The number of hydrogen-bond donors (Lipinski definition) is 1. The predicted molar refractivity (Wildman–Crippen MR) is 66.2 cm³/mol. The van der Waals surface area contributed by atoms with Crippen LogP contribution in [0.25, 0.3) is 0 Å². The zero-order chi connectivity index (χ0) is 12.8. The maximum atomic E-state index is 10.6. The van der Waals surface area contributed by atoms with Crippen LogP contribution in [0.5, 0.6) is 5.75 Å². The molecule has 0 aliphatic rings. The molecule has 1 aromatic rings. The van der Waals surface area contributed by atoms with E-state index in [1.807, 2.05) is 19.0 Å². The number of nitrogen functional groups attached to an aromatic ring is 1.